The lowest BCUT2D eigenvalue weighted by atomic mass is 9.47. The number of morpholine rings is 1. The van der Waals surface area contributed by atoms with Gasteiger partial charge < -0.3 is 25.2 Å². The number of fused-ring (bicyclic) bond motifs is 2. The van der Waals surface area contributed by atoms with Crippen molar-refractivity contribution in [2.24, 2.45) is 16.7 Å². The molecule has 1 saturated heterocycles. The quantitative estimate of drug-likeness (QED) is 0.578. The van der Waals surface area contributed by atoms with E-state index in [0.717, 1.165) is 23.7 Å². The minimum Gasteiger partial charge on any atom is -0.396 e. The molecule has 0 bridgehead atoms. The number of carbonyl (C=O) groups is 1. The first-order valence-corrected chi connectivity index (χ1v) is 12.1. The number of nitrogens with zero attached hydrogens (tertiary/aromatic N) is 2. The smallest absolute Gasteiger partial charge is 0.223 e. The maximum atomic E-state index is 13.3. The molecule has 3 aliphatic rings. The second kappa shape index (κ2) is 8.81. The lowest BCUT2D eigenvalue weighted by Crippen LogP contribution is -2.58. The molecule has 2 heterocycles. The van der Waals surface area contributed by atoms with Crippen LogP contribution in [0.2, 0.25) is 0 Å². The SMILES string of the molecule is C=CCNc1nc2c(s1)C[C@@H]1[C@](C)(CO)[C@H](O)CC[C@@]1(C)[C@@H]2CC(=O)N1CCOCC1. The van der Waals surface area contributed by atoms with E-state index in [-0.39, 0.29) is 29.8 Å². The van der Waals surface area contributed by atoms with E-state index in [1.54, 1.807) is 17.4 Å². The summed E-state index contributed by atoms with van der Waals surface area (Å²) in [7, 11) is 0. The van der Waals surface area contributed by atoms with Crippen LogP contribution in [0, 0.1) is 16.7 Å². The molecular weight excluding hydrogens is 414 g/mol. The van der Waals surface area contributed by atoms with Crippen LogP contribution in [-0.2, 0) is 16.0 Å². The van der Waals surface area contributed by atoms with E-state index in [4.69, 9.17) is 9.72 Å². The van der Waals surface area contributed by atoms with Crippen LogP contribution >= 0.6 is 11.3 Å². The van der Waals surface area contributed by atoms with E-state index in [2.05, 4.69) is 18.8 Å². The third-order valence-corrected chi connectivity index (χ3v) is 9.08. The number of ether oxygens (including phenoxy) is 1. The van der Waals surface area contributed by atoms with E-state index in [9.17, 15) is 15.0 Å². The zero-order valence-corrected chi connectivity index (χ0v) is 19.4. The van der Waals surface area contributed by atoms with E-state index in [1.165, 1.54) is 4.88 Å². The van der Waals surface area contributed by atoms with Crippen molar-refractivity contribution < 1.29 is 19.7 Å². The fraction of sp³-hybridized carbons (Fsp3) is 0.739. The second-order valence-corrected chi connectivity index (χ2v) is 10.8. The van der Waals surface area contributed by atoms with Gasteiger partial charge in [0.2, 0.25) is 5.91 Å². The highest BCUT2D eigenvalue weighted by molar-refractivity contribution is 7.15. The van der Waals surface area contributed by atoms with E-state index in [0.29, 0.717) is 45.7 Å². The van der Waals surface area contributed by atoms with E-state index >= 15 is 0 Å². The lowest BCUT2D eigenvalue weighted by Gasteiger charge is -2.58. The highest BCUT2D eigenvalue weighted by Gasteiger charge is 2.59. The number of hydrogen-bond acceptors (Lipinski definition) is 7. The van der Waals surface area contributed by atoms with Crippen LogP contribution in [0.15, 0.2) is 12.7 Å². The molecule has 1 amide bonds. The Morgan fingerprint density at radius 2 is 2.16 bits per heavy atom. The van der Waals surface area contributed by atoms with Crippen molar-refractivity contribution in [1.29, 1.82) is 0 Å². The molecule has 2 aliphatic carbocycles. The number of thiazole rings is 1. The Bertz CT molecular complexity index is 824. The van der Waals surface area contributed by atoms with Crippen LogP contribution in [0.3, 0.4) is 0 Å². The predicted octanol–water partition coefficient (Wildman–Crippen LogP) is 2.41. The largest absolute Gasteiger partial charge is 0.396 e. The predicted molar refractivity (Wildman–Crippen MR) is 121 cm³/mol. The summed E-state index contributed by atoms with van der Waals surface area (Å²) >= 11 is 1.63. The molecule has 1 aliphatic heterocycles. The number of aliphatic hydroxyl groups excluding tert-OH is 2. The molecule has 8 heteroatoms. The summed E-state index contributed by atoms with van der Waals surface area (Å²) in [5.74, 6) is 0.188. The van der Waals surface area contributed by atoms with Crippen molar-refractivity contribution in [3.63, 3.8) is 0 Å². The van der Waals surface area contributed by atoms with Gasteiger partial charge in [0.1, 0.15) is 0 Å². The summed E-state index contributed by atoms with van der Waals surface area (Å²) in [4.78, 5) is 21.3. The van der Waals surface area contributed by atoms with Gasteiger partial charge in [-0.1, -0.05) is 19.9 Å². The Balaban J connectivity index is 1.71. The molecule has 5 atom stereocenters. The molecule has 0 aromatic carbocycles. The lowest BCUT2D eigenvalue weighted by molar-refractivity contribution is -0.149. The first kappa shape index (κ1) is 22.7. The van der Waals surface area contributed by atoms with Gasteiger partial charge in [0, 0.05) is 42.3 Å². The fourth-order valence-corrected chi connectivity index (χ4v) is 7.07. The van der Waals surface area contributed by atoms with Crippen LogP contribution in [0.4, 0.5) is 5.13 Å². The number of hydrogen-bond donors (Lipinski definition) is 3. The minimum atomic E-state index is -0.594. The number of nitrogens with one attached hydrogen (secondary N) is 1. The van der Waals surface area contributed by atoms with Gasteiger partial charge in [-0.15, -0.1) is 17.9 Å². The molecule has 3 N–H and O–H groups in total. The van der Waals surface area contributed by atoms with Crippen molar-refractivity contribution in [2.75, 3.05) is 44.8 Å². The van der Waals surface area contributed by atoms with Crippen molar-refractivity contribution in [3.8, 4) is 0 Å². The van der Waals surface area contributed by atoms with E-state index in [1.807, 2.05) is 11.8 Å². The fourth-order valence-electron chi connectivity index (χ4n) is 6.00. The van der Waals surface area contributed by atoms with Crippen LogP contribution in [0.5, 0.6) is 0 Å². The van der Waals surface area contributed by atoms with Crippen LogP contribution in [-0.4, -0.2) is 71.6 Å². The molecular formula is C23H35N3O4S. The highest BCUT2D eigenvalue weighted by Crippen LogP contribution is 2.62. The standard InChI is InChI=1S/C23H35N3O4S/c1-4-7-24-21-25-20-15(12-19(29)26-8-10-30-11-9-26)22(2)6-5-18(28)23(3,14-27)17(22)13-16(20)31-21/h4,15,17-18,27-28H,1,5-14H2,2-3H3,(H,24,25)/t15-,17+,18-,22+,23+/m1/s1. The van der Waals surface area contributed by atoms with Crippen LogP contribution in [0.1, 0.15) is 49.6 Å². The number of aliphatic hydroxyl groups is 2. The average molecular weight is 450 g/mol. The van der Waals surface area contributed by atoms with Gasteiger partial charge in [0.15, 0.2) is 5.13 Å². The first-order valence-electron chi connectivity index (χ1n) is 11.3. The maximum absolute atomic E-state index is 13.3. The van der Waals surface area contributed by atoms with Gasteiger partial charge in [-0.05, 0) is 30.6 Å². The normalized spacial score (nSPS) is 35.2. The summed E-state index contributed by atoms with van der Waals surface area (Å²) in [6.45, 7) is 11.0. The van der Waals surface area contributed by atoms with Crippen molar-refractivity contribution in [1.82, 2.24) is 9.88 Å². The van der Waals surface area contributed by atoms with Crippen molar-refractivity contribution in [2.45, 2.75) is 51.6 Å². The number of carbonyl (C=O) groups excluding carboxylic acids is 1. The Kier molecular flexibility index (Phi) is 6.45. The minimum absolute atomic E-state index is 0.0366. The van der Waals surface area contributed by atoms with Crippen molar-refractivity contribution in [3.05, 3.63) is 23.2 Å². The summed E-state index contributed by atoms with van der Waals surface area (Å²) in [6.07, 6.45) is 3.90. The maximum Gasteiger partial charge on any atom is 0.223 e. The Hall–Kier alpha value is -1.48. The summed E-state index contributed by atoms with van der Waals surface area (Å²) < 4.78 is 5.42. The van der Waals surface area contributed by atoms with Gasteiger partial charge in [0.25, 0.3) is 0 Å². The molecule has 1 saturated carbocycles. The second-order valence-electron chi connectivity index (χ2n) is 9.73. The number of anilines is 1. The summed E-state index contributed by atoms with van der Waals surface area (Å²) in [6, 6.07) is 0. The van der Waals surface area contributed by atoms with Gasteiger partial charge in [0.05, 0.1) is 31.6 Å². The van der Waals surface area contributed by atoms with Crippen LogP contribution < -0.4 is 5.32 Å². The topological polar surface area (TPSA) is 94.9 Å². The molecule has 31 heavy (non-hydrogen) atoms. The Labute approximate surface area is 188 Å². The van der Waals surface area contributed by atoms with Gasteiger partial charge in [-0.3, -0.25) is 4.79 Å². The Morgan fingerprint density at radius 3 is 2.84 bits per heavy atom. The number of aromatic nitrogens is 1. The van der Waals surface area contributed by atoms with Crippen LogP contribution in [0.25, 0.3) is 0 Å². The van der Waals surface area contributed by atoms with Gasteiger partial charge >= 0.3 is 0 Å². The van der Waals surface area contributed by atoms with E-state index < -0.39 is 11.5 Å². The van der Waals surface area contributed by atoms with Gasteiger partial charge in [-0.2, -0.15) is 0 Å². The third kappa shape index (κ3) is 3.92. The molecule has 1 aromatic rings. The zero-order chi connectivity index (χ0) is 22.2. The molecule has 1 aromatic heterocycles. The molecule has 172 valence electrons. The highest BCUT2D eigenvalue weighted by atomic mass is 32.1. The Morgan fingerprint density at radius 1 is 1.42 bits per heavy atom. The first-order chi connectivity index (χ1) is 14.8. The van der Waals surface area contributed by atoms with Crippen molar-refractivity contribution >= 4 is 22.4 Å². The zero-order valence-electron chi connectivity index (χ0n) is 18.6. The van der Waals surface area contributed by atoms with Gasteiger partial charge in [-0.25, -0.2) is 4.98 Å². The third-order valence-electron chi connectivity index (χ3n) is 8.03. The molecule has 7 nitrogen and oxygen atoms in total. The molecule has 0 spiro atoms. The molecule has 0 unspecified atom stereocenters. The number of rotatable bonds is 6. The molecule has 0 radical (unpaired) electrons. The average Bonchev–Trinajstić information content (AvgIpc) is 3.19. The molecule has 4 rings (SSSR count). The molecule has 2 fully saturated rings. The summed E-state index contributed by atoms with van der Waals surface area (Å²) in [5.41, 5.74) is 0.215. The number of amides is 1. The monoisotopic (exact) mass is 449 g/mol. The summed E-state index contributed by atoms with van der Waals surface area (Å²) in [5, 5.41) is 25.3.